The summed E-state index contributed by atoms with van der Waals surface area (Å²) in [6.07, 6.45) is 4.32. The highest BCUT2D eigenvalue weighted by Crippen LogP contribution is 2.31. The average molecular weight is 533 g/mol. The van der Waals surface area contributed by atoms with E-state index in [2.05, 4.69) is 98.9 Å². The summed E-state index contributed by atoms with van der Waals surface area (Å²) in [4.78, 5) is 9.55. The van der Waals surface area contributed by atoms with Gasteiger partial charge in [-0.1, -0.05) is 100.0 Å². The normalized spacial score (nSPS) is 12.6. The maximum Gasteiger partial charge on any atom is 0.0731 e. The summed E-state index contributed by atoms with van der Waals surface area (Å²) in [5, 5.41) is 4.56. The van der Waals surface area contributed by atoms with E-state index in [4.69, 9.17) is 16.6 Å². The Bertz CT molecular complexity index is 1190. The molecular weight excluding hydrogens is 488 g/mol. The number of hydrogen-bond acceptors (Lipinski definition) is 4. The topological polar surface area (TPSA) is 31.4 Å². The first-order valence-corrected chi connectivity index (χ1v) is 14.0. The molecule has 0 unspecified atom stereocenters. The van der Waals surface area contributed by atoms with Crippen molar-refractivity contribution in [2.75, 3.05) is 32.7 Å². The fraction of sp³-hybridized carbons (Fsp3) is 0.364. The second-order valence-electron chi connectivity index (χ2n) is 9.51. The number of piperazine rings is 1. The molecule has 4 nitrogen and oxygen atoms in total. The monoisotopic (exact) mass is 532 g/mol. The lowest BCUT2D eigenvalue weighted by Gasteiger charge is -2.38. The molecule has 1 aliphatic heterocycles. The first-order valence-electron chi connectivity index (χ1n) is 13.6. The molecule has 0 bridgehead atoms. The van der Waals surface area contributed by atoms with E-state index in [0.29, 0.717) is 0 Å². The molecule has 1 aliphatic rings. The Morgan fingerprint density at radius 1 is 0.947 bits per heavy atom. The third kappa shape index (κ3) is 8.95. The number of benzene rings is 2. The molecule has 3 aromatic rings. The summed E-state index contributed by atoms with van der Waals surface area (Å²) in [6, 6.07) is 16.6. The number of nitrogens with one attached hydrogen (secondary N) is 1. The van der Waals surface area contributed by atoms with Crippen molar-refractivity contribution in [2.45, 2.75) is 47.5 Å². The molecule has 1 aromatic heterocycles. The molecule has 0 aliphatic carbocycles. The third-order valence-corrected chi connectivity index (χ3v) is 6.80. The van der Waals surface area contributed by atoms with Gasteiger partial charge in [0, 0.05) is 55.1 Å². The zero-order valence-electron chi connectivity index (χ0n) is 24.0. The van der Waals surface area contributed by atoms with Crippen molar-refractivity contribution in [3.05, 3.63) is 96.3 Å². The maximum atomic E-state index is 6.58. The van der Waals surface area contributed by atoms with E-state index in [1.54, 1.807) is 6.20 Å². The second kappa shape index (κ2) is 15.9. The van der Waals surface area contributed by atoms with E-state index in [1.807, 2.05) is 19.1 Å². The van der Waals surface area contributed by atoms with Crippen LogP contribution in [-0.4, -0.2) is 47.5 Å². The van der Waals surface area contributed by atoms with E-state index in [-0.39, 0.29) is 0 Å². The van der Waals surface area contributed by atoms with Crippen LogP contribution in [0.1, 0.15) is 51.7 Å². The van der Waals surface area contributed by atoms with Gasteiger partial charge in [-0.25, -0.2) is 4.98 Å². The van der Waals surface area contributed by atoms with Gasteiger partial charge < -0.3 is 15.1 Å². The second-order valence-corrected chi connectivity index (χ2v) is 9.91. The van der Waals surface area contributed by atoms with Crippen LogP contribution in [0.4, 0.5) is 0 Å². The number of aromatic nitrogens is 1. The minimum Gasteiger partial charge on any atom is -0.392 e. The van der Waals surface area contributed by atoms with Crippen molar-refractivity contribution in [3.63, 3.8) is 0 Å². The Morgan fingerprint density at radius 3 is 2.05 bits per heavy atom. The number of hydrogen-bond donors (Lipinski definition) is 1. The largest absolute Gasteiger partial charge is 0.392 e. The lowest BCUT2D eigenvalue weighted by molar-refractivity contribution is 0.215. The van der Waals surface area contributed by atoms with Crippen LogP contribution in [0.3, 0.4) is 0 Å². The van der Waals surface area contributed by atoms with Crippen molar-refractivity contribution >= 4 is 28.2 Å². The molecule has 204 valence electrons. The SMILES string of the molecule is C=C(C)N1CCN(C(=C)c2ccc3c(Cl)cc(-c4ccc(C)cc4)nc3c2)CC1.C=CNCC.CCCC. The van der Waals surface area contributed by atoms with Gasteiger partial charge in [0.1, 0.15) is 0 Å². The lowest BCUT2D eigenvalue weighted by atomic mass is 10.0. The van der Waals surface area contributed by atoms with Gasteiger partial charge in [0.25, 0.3) is 0 Å². The fourth-order valence-electron chi connectivity index (χ4n) is 3.92. The summed E-state index contributed by atoms with van der Waals surface area (Å²) in [7, 11) is 0. The summed E-state index contributed by atoms with van der Waals surface area (Å²) >= 11 is 6.58. The zero-order chi connectivity index (χ0) is 28.1. The fourth-order valence-corrected chi connectivity index (χ4v) is 4.19. The number of unbranched alkanes of at least 4 members (excludes halogenated alkanes) is 1. The Morgan fingerprint density at radius 2 is 1.55 bits per heavy atom. The van der Waals surface area contributed by atoms with Crippen molar-refractivity contribution in [1.82, 2.24) is 20.1 Å². The van der Waals surface area contributed by atoms with Crippen LogP contribution in [0.25, 0.3) is 27.9 Å². The average Bonchev–Trinajstić information content (AvgIpc) is 2.93. The van der Waals surface area contributed by atoms with Crippen molar-refractivity contribution in [3.8, 4) is 11.3 Å². The maximum absolute atomic E-state index is 6.58. The minimum atomic E-state index is 0.720. The quantitative estimate of drug-likeness (QED) is 0.330. The van der Waals surface area contributed by atoms with E-state index < -0.39 is 0 Å². The molecule has 1 fully saturated rings. The first-order chi connectivity index (χ1) is 18.2. The molecule has 38 heavy (non-hydrogen) atoms. The number of nitrogens with zero attached hydrogens (tertiary/aromatic N) is 3. The van der Waals surface area contributed by atoms with Crippen LogP contribution < -0.4 is 5.32 Å². The molecule has 1 N–H and O–H groups in total. The van der Waals surface area contributed by atoms with Crippen molar-refractivity contribution in [2.24, 2.45) is 0 Å². The van der Waals surface area contributed by atoms with E-state index >= 15 is 0 Å². The number of pyridine rings is 1. The summed E-state index contributed by atoms with van der Waals surface area (Å²) in [5.74, 6) is 0. The standard InChI is InChI=1S/C25H26ClN3.C4H9N.C4H10/c1-17(2)28-11-13-29(14-12-28)19(4)21-9-10-22-23(26)16-24(27-25(22)15-21)20-7-5-18(3)6-8-20;1-3-5-4-2;1-3-4-2/h5-10,15-16H,1,4,11-14H2,2-3H3;3,5H,1,4H2,2H3;3-4H2,1-2H3. The van der Waals surface area contributed by atoms with Gasteiger partial charge in [0.05, 0.1) is 16.2 Å². The smallest absolute Gasteiger partial charge is 0.0731 e. The Balaban J connectivity index is 0.000000489. The third-order valence-electron chi connectivity index (χ3n) is 6.49. The Hall–Kier alpha value is -3.24. The summed E-state index contributed by atoms with van der Waals surface area (Å²) in [5.41, 5.74) is 7.33. The van der Waals surface area contributed by atoms with Crippen LogP contribution in [0.15, 0.2) is 80.2 Å². The lowest BCUT2D eigenvalue weighted by Crippen LogP contribution is -2.44. The highest BCUT2D eigenvalue weighted by Gasteiger charge is 2.19. The van der Waals surface area contributed by atoms with Crippen LogP contribution in [0, 0.1) is 6.92 Å². The van der Waals surface area contributed by atoms with Gasteiger partial charge in [-0.2, -0.15) is 0 Å². The highest BCUT2D eigenvalue weighted by molar-refractivity contribution is 6.35. The number of aryl methyl sites for hydroxylation is 1. The Labute approximate surface area is 235 Å². The van der Waals surface area contributed by atoms with E-state index in [0.717, 1.165) is 76.9 Å². The molecule has 5 heteroatoms. The minimum absolute atomic E-state index is 0.720. The number of fused-ring (bicyclic) bond motifs is 1. The Kier molecular flexibility index (Phi) is 12.9. The van der Waals surface area contributed by atoms with Crippen LogP contribution in [0.5, 0.6) is 0 Å². The molecule has 0 atom stereocenters. The molecule has 1 saturated heterocycles. The van der Waals surface area contributed by atoms with Gasteiger partial charge in [-0.3, -0.25) is 0 Å². The molecule has 0 amide bonds. The van der Waals surface area contributed by atoms with Crippen LogP contribution in [0.2, 0.25) is 5.02 Å². The number of halogens is 1. The van der Waals surface area contributed by atoms with Gasteiger partial charge in [0.2, 0.25) is 0 Å². The molecule has 2 heterocycles. The van der Waals surface area contributed by atoms with Crippen molar-refractivity contribution in [1.29, 1.82) is 0 Å². The van der Waals surface area contributed by atoms with Gasteiger partial charge in [-0.05, 0) is 44.7 Å². The molecule has 0 spiro atoms. The van der Waals surface area contributed by atoms with Crippen LogP contribution in [-0.2, 0) is 0 Å². The highest BCUT2D eigenvalue weighted by atomic mass is 35.5. The number of allylic oxidation sites excluding steroid dienone is 1. The van der Waals surface area contributed by atoms with E-state index in [1.165, 1.54) is 18.4 Å². The zero-order valence-corrected chi connectivity index (χ0v) is 24.7. The molecule has 0 saturated carbocycles. The van der Waals surface area contributed by atoms with Crippen molar-refractivity contribution < 1.29 is 0 Å². The predicted octanol–water partition coefficient (Wildman–Crippen LogP) is 8.53. The van der Waals surface area contributed by atoms with Gasteiger partial charge in [-0.15, -0.1) is 0 Å². The predicted molar refractivity (Wildman–Crippen MR) is 168 cm³/mol. The first kappa shape index (κ1) is 31.0. The summed E-state index contributed by atoms with van der Waals surface area (Å²) < 4.78 is 0. The molecular formula is C33H45ClN4. The number of rotatable bonds is 7. The molecule has 0 radical (unpaired) electrons. The van der Waals surface area contributed by atoms with Crippen LogP contribution >= 0.6 is 11.6 Å². The molecule has 4 rings (SSSR count). The molecule has 2 aromatic carbocycles. The van der Waals surface area contributed by atoms with E-state index in [9.17, 15) is 0 Å². The summed E-state index contributed by atoms with van der Waals surface area (Å²) in [6.45, 7) is 27.2. The van der Waals surface area contributed by atoms with Gasteiger partial charge >= 0.3 is 0 Å². The van der Waals surface area contributed by atoms with Gasteiger partial charge in [0.15, 0.2) is 0 Å².